The summed E-state index contributed by atoms with van der Waals surface area (Å²) >= 11 is -1.23. The SMILES string of the molecule is C[S+]([O-])c1cc(-c2c(-c3ccc(F)cc3)nc3n2C(COc2ccc4ccccc4n2)CC3)ccn1. The van der Waals surface area contributed by atoms with Crippen LogP contribution in [0.5, 0.6) is 5.88 Å². The van der Waals surface area contributed by atoms with E-state index in [2.05, 4.69) is 14.5 Å². The van der Waals surface area contributed by atoms with Crippen LogP contribution in [0.3, 0.4) is 0 Å². The number of para-hydroxylation sites is 1. The Morgan fingerprint density at radius 2 is 1.86 bits per heavy atom. The van der Waals surface area contributed by atoms with E-state index in [1.54, 1.807) is 24.6 Å². The normalized spacial score (nSPS) is 15.7. The van der Waals surface area contributed by atoms with Crippen molar-refractivity contribution in [2.45, 2.75) is 23.9 Å². The highest BCUT2D eigenvalue weighted by atomic mass is 32.2. The van der Waals surface area contributed by atoms with Gasteiger partial charge in [-0.1, -0.05) is 18.2 Å². The van der Waals surface area contributed by atoms with Gasteiger partial charge in [0.2, 0.25) is 10.9 Å². The van der Waals surface area contributed by atoms with Crippen LogP contribution in [-0.4, -0.2) is 36.9 Å². The van der Waals surface area contributed by atoms with Crippen LogP contribution in [0, 0.1) is 5.82 Å². The van der Waals surface area contributed by atoms with Gasteiger partial charge in [0, 0.05) is 52.4 Å². The number of hydrogen-bond acceptors (Lipinski definition) is 5. The number of rotatable bonds is 6. The van der Waals surface area contributed by atoms with Gasteiger partial charge in [0.25, 0.3) is 0 Å². The van der Waals surface area contributed by atoms with Gasteiger partial charge in [-0.2, -0.15) is 0 Å². The van der Waals surface area contributed by atoms with Gasteiger partial charge in [0.05, 0.1) is 22.9 Å². The summed E-state index contributed by atoms with van der Waals surface area (Å²) < 4.78 is 34.2. The first-order valence-corrected chi connectivity index (χ1v) is 13.3. The van der Waals surface area contributed by atoms with Crippen LogP contribution >= 0.6 is 0 Å². The van der Waals surface area contributed by atoms with E-state index in [1.165, 1.54) is 12.1 Å². The van der Waals surface area contributed by atoms with E-state index in [4.69, 9.17) is 9.72 Å². The van der Waals surface area contributed by atoms with Crippen LogP contribution < -0.4 is 4.74 Å². The first-order valence-electron chi connectivity index (χ1n) is 11.7. The zero-order chi connectivity index (χ0) is 24.6. The summed E-state index contributed by atoms with van der Waals surface area (Å²) in [6.07, 6.45) is 4.95. The summed E-state index contributed by atoms with van der Waals surface area (Å²) in [7, 11) is 0. The summed E-state index contributed by atoms with van der Waals surface area (Å²) in [5.74, 6) is 1.23. The molecule has 1 aliphatic heterocycles. The Morgan fingerprint density at radius 3 is 2.69 bits per heavy atom. The Kier molecular flexibility index (Phi) is 5.91. The van der Waals surface area contributed by atoms with E-state index in [0.717, 1.165) is 52.1 Å². The van der Waals surface area contributed by atoms with E-state index >= 15 is 0 Å². The molecule has 5 aromatic rings. The Hall–Kier alpha value is -3.75. The lowest BCUT2D eigenvalue weighted by Gasteiger charge is -2.18. The first-order chi connectivity index (χ1) is 17.6. The van der Waals surface area contributed by atoms with Gasteiger partial charge in [-0.15, -0.1) is 0 Å². The van der Waals surface area contributed by atoms with Crippen LogP contribution in [0.15, 0.2) is 84.0 Å². The largest absolute Gasteiger partial charge is 0.610 e. The van der Waals surface area contributed by atoms with Crippen molar-refractivity contribution in [3.05, 3.63) is 90.6 Å². The fourth-order valence-electron chi connectivity index (χ4n) is 4.74. The minimum atomic E-state index is -1.23. The van der Waals surface area contributed by atoms with Gasteiger partial charge in [0.1, 0.15) is 24.5 Å². The van der Waals surface area contributed by atoms with E-state index in [-0.39, 0.29) is 11.9 Å². The van der Waals surface area contributed by atoms with E-state index < -0.39 is 11.2 Å². The smallest absolute Gasteiger partial charge is 0.244 e. The topological polar surface area (TPSA) is 75.9 Å². The van der Waals surface area contributed by atoms with Crippen LogP contribution in [0.2, 0.25) is 0 Å². The molecule has 8 heteroatoms. The molecule has 2 aromatic carbocycles. The zero-order valence-corrected chi connectivity index (χ0v) is 20.4. The molecule has 6 rings (SSSR count). The fraction of sp³-hybridized carbons (Fsp3) is 0.179. The van der Waals surface area contributed by atoms with E-state index in [9.17, 15) is 8.94 Å². The first kappa shape index (κ1) is 22.7. The van der Waals surface area contributed by atoms with Gasteiger partial charge in [-0.25, -0.2) is 19.3 Å². The van der Waals surface area contributed by atoms with Crippen LogP contribution in [0.4, 0.5) is 4.39 Å². The Bertz CT molecular complexity index is 1550. The molecule has 0 N–H and O–H groups in total. The van der Waals surface area contributed by atoms with Gasteiger partial charge in [-0.3, -0.25) is 0 Å². The molecule has 36 heavy (non-hydrogen) atoms. The molecule has 4 heterocycles. The molecule has 0 radical (unpaired) electrons. The maximum Gasteiger partial charge on any atom is 0.244 e. The van der Waals surface area contributed by atoms with Crippen molar-refractivity contribution in [3.63, 3.8) is 0 Å². The standard InChI is InChI=1S/C28H23FN4O2S/c1-36(34)26-16-20(14-15-30-26)28-27(19-6-9-21(29)10-7-19)32-24-12-11-22(33(24)28)17-35-25-13-8-18-4-2-3-5-23(18)31-25/h2-10,13-16,22H,11-12,17H2,1H3. The number of aromatic nitrogens is 4. The molecule has 0 bridgehead atoms. The minimum absolute atomic E-state index is 0.0358. The van der Waals surface area contributed by atoms with Gasteiger partial charge < -0.3 is 13.9 Å². The van der Waals surface area contributed by atoms with Crippen LogP contribution in [0.1, 0.15) is 18.3 Å². The average molecular weight is 499 g/mol. The molecular formula is C28H23FN4O2S. The predicted molar refractivity (Wildman–Crippen MR) is 138 cm³/mol. The molecule has 0 amide bonds. The molecule has 3 aromatic heterocycles. The van der Waals surface area contributed by atoms with Gasteiger partial charge in [0.15, 0.2) is 0 Å². The second kappa shape index (κ2) is 9.37. The molecule has 0 aliphatic carbocycles. The molecule has 2 unspecified atom stereocenters. The lowest BCUT2D eigenvalue weighted by molar-refractivity contribution is 0.248. The summed E-state index contributed by atoms with van der Waals surface area (Å²) in [6.45, 7) is 0.433. The molecule has 0 fully saturated rings. The van der Waals surface area contributed by atoms with Crippen molar-refractivity contribution < 1.29 is 13.7 Å². The van der Waals surface area contributed by atoms with E-state index in [1.807, 2.05) is 48.5 Å². The van der Waals surface area contributed by atoms with Crippen LogP contribution in [-0.2, 0) is 17.6 Å². The lowest BCUT2D eigenvalue weighted by atomic mass is 10.0. The molecular weight excluding hydrogens is 475 g/mol. The highest BCUT2D eigenvalue weighted by Gasteiger charge is 2.31. The lowest BCUT2D eigenvalue weighted by Crippen LogP contribution is -2.15. The zero-order valence-electron chi connectivity index (χ0n) is 19.6. The summed E-state index contributed by atoms with van der Waals surface area (Å²) in [6, 6.07) is 22.0. The average Bonchev–Trinajstić information content (AvgIpc) is 3.47. The summed E-state index contributed by atoms with van der Waals surface area (Å²) in [5.41, 5.74) is 4.23. The number of aryl methyl sites for hydroxylation is 1. The third-order valence-electron chi connectivity index (χ3n) is 6.47. The van der Waals surface area contributed by atoms with Gasteiger partial charge >= 0.3 is 0 Å². The quantitative estimate of drug-likeness (QED) is 0.285. The fourth-order valence-corrected chi connectivity index (χ4v) is 5.24. The molecule has 6 nitrogen and oxygen atoms in total. The number of pyridine rings is 2. The van der Waals surface area contributed by atoms with Crippen molar-refractivity contribution in [1.82, 2.24) is 19.5 Å². The second-order valence-corrected chi connectivity index (χ2v) is 10.1. The molecule has 1 aliphatic rings. The molecule has 180 valence electrons. The van der Waals surface area contributed by atoms with Crippen molar-refractivity contribution >= 4 is 22.1 Å². The van der Waals surface area contributed by atoms with Crippen molar-refractivity contribution in [3.8, 4) is 28.4 Å². The third kappa shape index (κ3) is 4.23. The number of hydrogen-bond donors (Lipinski definition) is 0. The Morgan fingerprint density at radius 1 is 1.03 bits per heavy atom. The molecule has 2 atom stereocenters. The number of benzene rings is 2. The monoisotopic (exact) mass is 498 g/mol. The summed E-state index contributed by atoms with van der Waals surface area (Å²) in [5, 5.41) is 1.56. The summed E-state index contributed by atoms with van der Waals surface area (Å²) in [4.78, 5) is 13.9. The van der Waals surface area contributed by atoms with E-state index in [0.29, 0.717) is 17.5 Å². The van der Waals surface area contributed by atoms with Gasteiger partial charge in [-0.05, 0) is 48.9 Å². The number of nitrogens with zero attached hydrogens (tertiary/aromatic N) is 4. The number of imidazole rings is 1. The maximum absolute atomic E-state index is 13.7. The maximum atomic E-state index is 13.7. The molecule has 0 saturated heterocycles. The highest BCUT2D eigenvalue weighted by Crippen LogP contribution is 2.40. The molecule has 0 spiro atoms. The minimum Gasteiger partial charge on any atom is -0.610 e. The number of ether oxygens (including phenoxy) is 1. The Labute approximate surface area is 211 Å². The second-order valence-electron chi connectivity index (χ2n) is 8.78. The van der Waals surface area contributed by atoms with Crippen molar-refractivity contribution in [1.29, 1.82) is 0 Å². The Balaban J connectivity index is 1.39. The van der Waals surface area contributed by atoms with Crippen molar-refractivity contribution in [2.24, 2.45) is 0 Å². The third-order valence-corrected chi connectivity index (χ3v) is 7.28. The molecule has 0 saturated carbocycles. The highest BCUT2D eigenvalue weighted by molar-refractivity contribution is 7.90. The van der Waals surface area contributed by atoms with Crippen LogP contribution in [0.25, 0.3) is 33.4 Å². The number of fused-ring (bicyclic) bond motifs is 2. The number of halogens is 1. The van der Waals surface area contributed by atoms with Crippen molar-refractivity contribution in [2.75, 3.05) is 12.9 Å². The predicted octanol–water partition coefficient (Wildman–Crippen LogP) is 5.60.